The van der Waals surface area contributed by atoms with E-state index >= 15 is 0 Å². The lowest BCUT2D eigenvalue weighted by Gasteiger charge is -2.07. The number of anilines is 2. The number of hydrogen-bond acceptors (Lipinski definition) is 3. The number of carboxylic acid groups (broad SMARTS) is 1. The van der Waals surface area contributed by atoms with Gasteiger partial charge >= 0.3 is 6.09 Å². The van der Waals surface area contributed by atoms with Crippen molar-refractivity contribution in [2.24, 2.45) is 0 Å². The van der Waals surface area contributed by atoms with E-state index < -0.39 is 6.09 Å². The van der Waals surface area contributed by atoms with E-state index in [-0.39, 0.29) is 12.0 Å². The fourth-order valence-corrected chi connectivity index (χ4v) is 2.48. The van der Waals surface area contributed by atoms with Crippen LogP contribution in [-0.4, -0.2) is 22.2 Å². The summed E-state index contributed by atoms with van der Waals surface area (Å²) in [7, 11) is 0. The summed E-state index contributed by atoms with van der Waals surface area (Å²) in [5.41, 5.74) is 1.92. The lowest BCUT2D eigenvalue weighted by molar-refractivity contribution is 0.193. The summed E-state index contributed by atoms with van der Waals surface area (Å²) in [6.07, 6.45) is 1.63. The maximum Gasteiger partial charge on any atom is 0.404 e. The highest BCUT2D eigenvalue weighted by molar-refractivity contribution is 6.30. The van der Waals surface area contributed by atoms with E-state index in [0.717, 1.165) is 23.5 Å². The molecule has 108 valence electrons. The van der Waals surface area contributed by atoms with Gasteiger partial charge in [-0.1, -0.05) is 23.7 Å². The Morgan fingerprint density at radius 3 is 2.86 bits per heavy atom. The minimum absolute atomic E-state index is 0.0102. The first-order chi connectivity index (χ1) is 10.1. The molecule has 1 heterocycles. The highest BCUT2D eigenvalue weighted by Crippen LogP contribution is 2.40. The molecule has 1 amide bonds. The van der Waals surface area contributed by atoms with Gasteiger partial charge in [0.15, 0.2) is 0 Å². The molecule has 0 bridgehead atoms. The summed E-state index contributed by atoms with van der Waals surface area (Å²) >= 11 is 5.93. The maximum absolute atomic E-state index is 10.6. The third-order valence-corrected chi connectivity index (χ3v) is 3.65. The molecule has 3 N–H and O–H groups in total. The molecule has 6 heteroatoms. The van der Waals surface area contributed by atoms with Gasteiger partial charge in [-0.25, -0.2) is 9.78 Å². The Kier molecular flexibility index (Phi) is 3.66. The van der Waals surface area contributed by atoms with E-state index in [4.69, 9.17) is 16.7 Å². The highest BCUT2D eigenvalue weighted by atomic mass is 35.5. The van der Waals surface area contributed by atoms with Crippen LogP contribution >= 0.6 is 11.6 Å². The van der Waals surface area contributed by atoms with Crippen molar-refractivity contribution < 1.29 is 9.90 Å². The fourth-order valence-electron chi connectivity index (χ4n) is 2.29. The van der Waals surface area contributed by atoms with Crippen molar-refractivity contribution in [3.63, 3.8) is 0 Å². The van der Waals surface area contributed by atoms with Gasteiger partial charge in [-0.05, 0) is 36.2 Å². The number of halogens is 1. The van der Waals surface area contributed by atoms with E-state index in [1.165, 1.54) is 0 Å². The summed E-state index contributed by atoms with van der Waals surface area (Å²) in [4.78, 5) is 14.9. The van der Waals surface area contributed by atoms with Crippen molar-refractivity contribution in [3.8, 4) is 0 Å². The fraction of sp³-hybridized carbons (Fsp3) is 0.200. The summed E-state index contributed by atoms with van der Waals surface area (Å²) in [5.74, 6) is 0.957. The van der Waals surface area contributed by atoms with Crippen molar-refractivity contribution in [2.45, 2.75) is 18.4 Å². The van der Waals surface area contributed by atoms with E-state index in [1.54, 1.807) is 6.20 Å². The molecule has 5 nitrogen and oxygen atoms in total. The number of nitrogens with zero attached hydrogens (tertiary/aromatic N) is 1. The molecule has 1 aromatic carbocycles. The first kappa shape index (κ1) is 13.7. The molecule has 0 saturated heterocycles. The van der Waals surface area contributed by atoms with Gasteiger partial charge in [-0.3, -0.25) is 0 Å². The molecule has 1 aliphatic rings. The molecule has 1 aliphatic carbocycles. The van der Waals surface area contributed by atoms with Gasteiger partial charge < -0.3 is 15.7 Å². The van der Waals surface area contributed by atoms with E-state index in [0.29, 0.717) is 5.02 Å². The van der Waals surface area contributed by atoms with Crippen LogP contribution in [0, 0.1) is 0 Å². The van der Waals surface area contributed by atoms with Crippen molar-refractivity contribution in [2.75, 3.05) is 5.32 Å². The zero-order valence-corrected chi connectivity index (χ0v) is 11.8. The van der Waals surface area contributed by atoms with Crippen LogP contribution < -0.4 is 10.6 Å². The summed E-state index contributed by atoms with van der Waals surface area (Å²) < 4.78 is 0. The average molecular weight is 304 g/mol. The Bertz CT molecular complexity index is 660. The third-order valence-electron chi connectivity index (χ3n) is 3.41. The molecule has 1 saturated carbocycles. The molecule has 0 spiro atoms. The second-order valence-electron chi connectivity index (χ2n) is 5.01. The molecule has 0 radical (unpaired) electrons. The van der Waals surface area contributed by atoms with Crippen LogP contribution in [-0.2, 0) is 0 Å². The number of pyridine rings is 1. The summed E-state index contributed by atoms with van der Waals surface area (Å²) in [6.45, 7) is 0. The Balaban J connectivity index is 1.64. The van der Waals surface area contributed by atoms with Crippen molar-refractivity contribution in [1.29, 1.82) is 0 Å². The van der Waals surface area contributed by atoms with Gasteiger partial charge in [0.25, 0.3) is 0 Å². The summed E-state index contributed by atoms with van der Waals surface area (Å²) in [6, 6.07) is 11.3. The molecule has 1 fully saturated rings. The topological polar surface area (TPSA) is 74.2 Å². The van der Waals surface area contributed by atoms with Crippen molar-refractivity contribution in [3.05, 3.63) is 53.2 Å². The first-order valence-electron chi connectivity index (χ1n) is 6.60. The van der Waals surface area contributed by atoms with Crippen LogP contribution in [0.15, 0.2) is 42.6 Å². The second-order valence-corrected chi connectivity index (χ2v) is 5.45. The van der Waals surface area contributed by atoms with Crippen LogP contribution in [0.3, 0.4) is 0 Å². The van der Waals surface area contributed by atoms with E-state index in [9.17, 15) is 4.79 Å². The standard InChI is InChI=1S/C15H14ClN3O2/c16-10-2-1-3-11(6-10)18-14-5-4-9(8-17-14)12-7-13(12)19-15(20)21/h1-6,8,12-13,19H,7H2,(H,17,18)(H,20,21). The quantitative estimate of drug-likeness (QED) is 0.806. The van der Waals surface area contributed by atoms with Crippen LogP contribution in [0.2, 0.25) is 5.02 Å². The Morgan fingerprint density at radius 2 is 2.19 bits per heavy atom. The summed E-state index contributed by atoms with van der Waals surface area (Å²) in [5, 5.41) is 15.0. The minimum atomic E-state index is -0.977. The molecule has 1 aromatic heterocycles. The van der Waals surface area contributed by atoms with Gasteiger partial charge in [0.05, 0.1) is 0 Å². The van der Waals surface area contributed by atoms with Gasteiger partial charge in [-0.15, -0.1) is 0 Å². The molecule has 2 atom stereocenters. The molecule has 3 rings (SSSR count). The Hall–Kier alpha value is -2.27. The monoisotopic (exact) mass is 303 g/mol. The van der Waals surface area contributed by atoms with Gasteiger partial charge in [0, 0.05) is 28.9 Å². The van der Waals surface area contributed by atoms with Crippen LogP contribution in [0.4, 0.5) is 16.3 Å². The number of rotatable bonds is 4. The lowest BCUT2D eigenvalue weighted by atomic mass is 10.2. The van der Waals surface area contributed by atoms with E-state index in [2.05, 4.69) is 15.6 Å². The Morgan fingerprint density at radius 1 is 1.33 bits per heavy atom. The number of hydrogen-bond donors (Lipinski definition) is 3. The zero-order valence-electron chi connectivity index (χ0n) is 11.1. The smallest absolute Gasteiger partial charge is 0.404 e. The molecule has 2 aromatic rings. The first-order valence-corrected chi connectivity index (χ1v) is 6.97. The maximum atomic E-state index is 10.6. The van der Waals surface area contributed by atoms with Gasteiger partial charge in [0.1, 0.15) is 5.82 Å². The van der Waals surface area contributed by atoms with Crippen molar-refractivity contribution >= 4 is 29.2 Å². The van der Waals surface area contributed by atoms with Crippen LogP contribution in [0.25, 0.3) is 0 Å². The third kappa shape index (κ3) is 3.44. The minimum Gasteiger partial charge on any atom is -0.465 e. The average Bonchev–Trinajstić information content (AvgIpc) is 3.18. The van der Waals surface area contributed by atoms with Crippen LogP contribution in [0.1, 0.15) is 17.9 Å². The SMILES string of the molecule is O=C(O)NC1CC1c1ccc(Nc2cccc(Cl)c2)nc1. The highest BCUT2D eigenvalue weighted by Gasteiger charge is 2.39. The van der Waals surface area contributed by atoms with E-state index in [1.807, 2.05) is 36.4 Å². The molecule has 0 aliphatic heterocycles. The van der Waals surface area contributed by atoms with Gasteiger partial charge in [-0.2, -0.15) is 0 Å². The molecule has 2 unspecified atom stereocenters. The second kappa shape index (κ2) is 5.61. The largest absolute Gasteiger partial charge is 0.465 e. The molecular formula is C15H14ClN3O2. The van der Waals surface area contributed by atoms with Crippen LogP contribution in [0.5, 0.6) is 0 Å². The lowest BCUT2D eigenvalue weighted by Crippen LogP contribution is -2.24. The predicted octanol–water partition coefficient (Wildman–Crippen LogP) is 3.60. The molecular weight excluding hydrogens is 290 g/mol. The number of amides is 1. The number of aromatic nitrogens is 1. The number of carbonyl (C=O) groups is 1. The molecule has 21 heavy (non-hydrogen) atoms. The number of benzene rings is 1. The normalized spacial score (nSPS) is 19.9. The zero-order chi connectivity index (χ0) is 14.8. The van der Waals surface area contributed by atoms with Crippen molar-refractivity contribution in [1.82, 2.24) is 10.3 Å². The predicted molar refractivity (Wildman–Crippen MR) is 81.3 cm³/mol. The van der Waals surface area contributed by atoms with Gasteiger partial charge in [0.2, 0.25) is 0 Å². The number of nitrogens with one attached hydrogen (secondary N) is 2. The Labute approximate surface area is 127 Å².